The van der Waals surface area contributed by atoms with Crippen LogP contribution in [0.4, 0.5) is 0 Å². The fourth-order valence-corrected chi connectivity index (χ4v) is 1.72. The summed E-state index contributed by atoms with van der Waals surface area (Å²) in [6.07, 6.45) is 9.21. The minimum atomic E-state index is 0.319. The maximum atomic E-state index is 11.6. The van der Waals surface area contributed by atoms with Gasteiger partial charge in [-0.1, -0.05) is 26.3 Å². The van der Waals surface area contributed by atoms with Gasteiger partial charge in [0, 0.05) is 12.3 Å². The van der Waals surface area contributed by atoms with Crippen molar-refractivity contribution < 1.29 is 4.79 Å². The van der Waals surface area contributed by atoms with Gasteiger partial charge in [0.2, 0.25) is 0 Å². The van der Waals surface area contributed by atoms with Gasteiger partial charge in [0.15, 0.2) is 0 Å². The van der Waals surface area contributed by atoms with E-state index in [0.29, 0.717) is 11.7 Å². The Morgan fingerprint density at radius 1 is 1.36 bits per heavy atom. The number of hydrogen-bond donors (Lipinski definition) is 0. The van der Waals surface area contributed by atoms with E-state index in [4.69, 9.17) is 0 Å². The summed E-state index contributed by atoms with van der Waals surface area (Å²) in [5.41, 5.74) is 0. The highest BCUT2D eigenvalue weighted by atomic mass is 16.1. The summed E-state index contributed by atoms with van der Waals surface area (Å²) in [6.45, 7) is 7.88. The molecule has 0 aromatic heterocycles. The van der Waals surface area contributed by atoms with Crippen molar-refractivity contribution in [2.45, 2.75) is 58.8 Å². The summed E-state index contributed by atoms with van der Waals surface area (Å²) >= 11 is 0. The lowest BCUT2D eigenvalue weighted by Crippen LogP contribution is -2.13. The molecule has 0 radical (unpaired) electrons. The standard InChI is InChI=1S/C13H24O/c1-4-7-8-9-11-12(6-3)13(14)10-5-2/h4,12H,1,5-11H2,2-3H3. The molecule has 14 heavy (non-hydrogen) atoms. The summed E-state index contributed by atoms with van der Waals surface area (Å²) in [6, 6.07) is 0. The second kappa shape index (κ2) is 8.98. The number of ketones is 1. The summed E-state index contributed by atoms with van der Waals surface area (Å²) in [7, 11) is 0. The quantitative estimate of drug-likeness (QED) is 0.400. The second-order valence-corrected chi connectivity index (χ2v) is 3.89. The Labute approximate surface area is 88.6 Å². The second-order valence-electron chi connectivity index (χ2n) is 3.89. The highest BCUT2D eigenvalue weighted by Gasteiger charge is 2.14. The number of allylic oxidation sites excluding steroid dienone is 1. The molecule has 0 heterocycles. The lowest BCUT2D eigenvalue weighted by molar-refractivity contribution is -0.123. The minimum absolute atomic E-state index is 0.319. The van der Waals surface area contributed by atoms with Crippen molar-refractivity contribution in [1.82, 2.24) is 0 Å². The zero-order chi connectivity index (χ0) is 10.8. The van der Waals surface area contributed by atoms with E-state index in [2.05, 4.69) is 20.4 Å². The highest BCUT2D eigenvalue weighted by Crippen LogP contribution is 2.16. The predicted molar refractivity (Wildman–Crippen MR) is 62.4 cm³/mol. The van der Waals surface area contributed by atoms with Gasteiger partial charge in [0.25, 0.3) is 0 Å². The van der Waals surface area contributed by atoms with Crippen LogP contribution in [-0.2, 0) is 4.79 Å². The van der Waals surface area contributed by atoms with E-state index in [-0.39, 0.29) is 0 Å². The molecule has 1 nitrogen and oxygen atoms in total. The fourth-order valence-electron chi connectivity index (χ4n) is 1.72. The molecule has 0 saturated heterocycles. The first-order valence-electron chi connectivity index (χ1n) is 5.89. The Hall–Kier alpha value is -0.590. The number of unbranched alkanes of at least 4 members (excludes halogenated alkanes) is 2. The normalized spacial score (nSPS) is 12.4. The van der Waals surface area contributed by atoms with E-state index in [0.717, 1.165) is 32.1 Å². The van der Waals surface area contributed by atoms with Crippen LogP contribution in [0.1, 0.15) is 58.8 Å². The Kier molecular flexibility index (Phi) is 8.61. The summed E-state index contributed by atoms with van der Waals surface area (Å²) in [5, 5.41) is 0. The number of carbonyl (C=O) groups excluding carboxylic acids is 1. The van der Waals surface area contributed by atoms with Crippen molar-refractivity contribution in [3.8, 4) is 0 Å². The van der Waals surface area contributed by atoms with Crippen molar-refractivity contribution in [2.24, 2.45) is 5.92 Å². The molecule has 82 valence electrons. The third-order valence-corrected chi connectivity index (χ3v) is 2.66. The van der Waals surface area contributed by atoms with Gasteiger partial charge in [-0.15, -0.1) is 6.58 Å². The highest BCUT2D eigenvalue weighted by molar-refractivity contribution is 5.80. The van der Waals surface area contributed by atoms with Crippen molar-refractivity contribution in [3.63, 3.8) is 0 Å². The van der Waals surface area contributed by atoms with Crippen molar-refractivity contribution in [2.75, 3.05) is 0 Å². The molecule has 0 aliphatic rings. The van der Waals surface area contributed by atoms with Crippen LogP contribution in [0.2, 0.25) is 0 Å². The average Bonchev–Trinajstić information content (AvgIpc) is 2.18. The zero-order valence-corrected chi connectivity index (χ0v) is 9.72. The van der Waals surface area contributed by atoms with Crippen LogP contribution in [0.25, 0.3) is 0 Å². The van der Waals surface area contributed by atoms with Crippen LogP contribution < -0.4 is 0 Å². The number of hydrogen-bond acceptors (Lipinski definition) is 1. The van der Waals surface area contributed by atoms with E-state index in [1.165, 1.54) is 12.8 Å². The lowest BCUT2D eigenvalue weighted by atomic mass is 9.92. The van der Waals surface area contributed by atoms with E-state index < -0.39 is 0 Å². The lowest BCUT2D eigenvalue weighted by Gasteiger charge is -2.12. The molecule has 0 aliphatic carbocycles. The summed E-state index contributed by atoms with van der Waals surface area (Å²) < 4.78 is 0. The van der Waals surface area contributed by atoms with Crippen LogP contribution in [-0.4, -0.2) is 5.78 Å². The molecule has 0 spiro atoms. The number of Topliss-reactive ketones (excluding diaryl/α,β-unsaturated/α-hetero) is 1. The van der Waals surface area contributed by atoms with Crippen LogP contribution in [0.15, 0.2) is 12.7 Å². The van der Waals surface area contributed by atoms with Gasteiger partial charge in [0.05, 0.1) is 0 Å². The Balaban J connectivity index is 3.66. The van der Waals surface area contributed by atoms with Gasteiger partial charge in [-0.25, -0.2) is 0 Å². The summed E-state index contributed by atoms with van der Waals surface area (Å²) in [5.74, 6) is 0.786. The van der Waals surface area contributed by atoms with E-state index in [1.54, 1.807) is 0 Å². The topological polar surface area (TPSA) is 17.1 Å². The van der Waals surface area contributed by atoms with E-state index in [9.17, 15) is 4.79 Å². The average molecular weight is 196 g/mol. The SMILES string of the molecule is C=CCCCCC(CC)C(=O)CCC. The van der Waals surface area contributed by atoms with Gasteiger partial charge < -0.3 is 0 Å². The smallest absolute Gasteiger partial charge is 0.135 e. The van der Waals surface area contributed by atoms with E-state index in [1.807, 2.05) is 6.08 Å². The molecule has 0 aliphatic heterocycles. The van der Waals surface area contributed by atoms with Gasteiger partial charge in [-0.3, -0.25) is 4.79 Å². The van der Waals surface area contributed by atoms with Crippen molar-refractivity contribution >= 4 is 5.78 Å². The van der Waals surface area contributed by atoms with Crippen molar-refractivity contribution in [3.05, 3.63) is 12.7 Å². The molecule has 1 atom stereocenters. The van der Waals surface area contributed by atoms with Crippen molar-refractivity contribution in [1.29, 1.82) is 0 Å². The molecule has 0 rings (SSSR count). The fraction of sp³-hybridized carbons (Fsp3) is 0.769. The Morgan fingerprint density at radius 3 is 2.57 bits per heavy atom. The molecule has 1 unspecified atom stereocenters. The Morgan fingerprint density at radius 2 is 2.07 bits per heavy atom. The number of carbonyl (C=O) groups is 1. The van der Waals surface area contributed by atoms with Gasteiger partial charge >= 0.3 is 0 Å². The largest absolute Gasteiger partial charge is 0.299 e. The van der Waals surface area contributed by atoms with Gasteiger partial charge in [0.1, 0.15) is 5.78 Å². The third kappa shape index (κ3) is 5.95. The monoisotopic (exact) mass is 196 g/mol. The molecule has 0 fully saturated rings. The Bertz CT molecular complexity index is 161. The van der Waals surface area contributed by atoms with Crippen LogP contribution in [0, 0.1) is 5.92 Å². The molecule has 0 saturated carbocycles. The predicted octanol–water partition coefficient (Wildman–Crippen LogP) is 4.13. The first-order chi connectivity index (χ1) is 6.76. The van der Waals surface area contributed by atoms with E-state index >= 15 is 0 Å². The van der Waals surface area contributed by atoms with Gasteiger partial charge in [-0.05, 0) is 32.1 Å². The molecule has 0 amide bonds. The molecular formula is C13H24O. The molecular weight excluding hydrogens is 172 g/mol. The molecule has 0 aromatic carbocycles. The first kappa shape index (κ1) is 13.4. The van der Waals surface area contributed by atoms with Crippen LogP contribution in [0.3, 0.4) is 0 Å². The molecule has 0 N–H and O–H groups in total. The maximum Gasteiger partial charge on any atom is 0.135 e. The molecule has 0 bridgehead atoms. The minimum Gasteiger partial charge on any atom is -0.299 e. The molecule has 1 heteroatoms. The maximum absolute atomic E-state index is 11.6. The zero-order valence-electron chi connectivity index (χ0n) is 9.72. The van der Waals surface area contributed by atoms with Crippen LogP contribution in [0.5, 0.6) is 0 Å². The first-order valence-corrected chi connectivity index (χ1v) is 5.89. The third-order valence-electron chi connectivity index (χ3n) is 2.66. The van der Waals surface area contributed by atoms with Gasteiger partial charge in [-0.2, -0.15) is 0 Å². The number of rotatable bonds is 9. The summed E-state index contributed by atoms with van der Waals surface area (Å²) in [4.78, 5) is 11.6. The van der Waals surface area contributed by atoms with Crippen LogP contribution >= 0.6 is 0 Å². The molecule has 0 aromatic rings.